The molecule has 1 aromatic rings. The Labute approximate surface area is 71.6 Å². The van der Waals surface area contributed by atoms with E-state index >= 15 is 0 Å². The van der Waals surface area contributed by atoms with E-state index in [4.69, 9.17) is 4.52 Å². The molecule has 0 spiro atoms. The van der Waals surface area contributed by atoms with Gasteiger partial charge in [0.15, 0.2) is 0 Å². The Bertz CT molecular complexity index is 238. The Morgan fingerprint density at radius 1 is 1.58 bits per heavy atom. The average molecular weight is 170 g/mol. The Kier molecular flexibility index (Phi) is 2.83. The normalized spacial score (nSPS) is 13.3. The predicted molar refractivity (Wildman–Crippen MR) is 44.9 cm³/mol. The van der Waals surface area contributed by atoms with Gasteiger partial charge in [-0.25, -0.2) is 0 Å². The van der Waals surface area contributed by atoms with Crippen LogP contribution in [-0.2, 0) is 0 Å². The average Bonchev–Trinajstić information content (AvgIpc) is 2.32. The molecule has 0 aliphatic heterocycles. The lowest BCUT2D eigenvalue weighted by Crippen LogP contribution is -2.17. The van der Waals surface area contributed by atoms with Crippen molar-refractivity contribution in [1.29, 1.82) is 0 Å². The van der Waals surface area contributed by atoms with Crippen molar-refractivity contribution in [3.8, 4) is 0 Å². The maximum atomic E-state index is 9.61. The van der Waals surface area contributed by atoms with Crippen molar-refractivity contribution >= 4 is 0 Å². The van der Waals surface area contributed by atoms with Gasteiger partial charge in [-0.3, -0.25) is 0 Å². The van der Waals surface area contributed by atoms with Gasteiger partial charge in [0.05, 0.1) is 11.8 Å². The second-order valence-corrected chi connectivity index (χ2v) is 2.81. The maximum absolute atomic E-state index is 9.61. The van der Waals surface area contributed by atoms with Crippen molar-refractivity contribution in [2.75, 3.05) is 13.6 Å². The van der Waals surface area contributed by atoms with E-state index in [0.717, 1.165) is 11.3 Å². The lowest BCUT2D eigenvalue weighted by atomic mass is 10.1. The summed E-state index contributed by atoms with van der Waals surface area (Å²) < 4.78 is 4.92. The minimum absolute atomic E-state index is 0.517. The van der Waals surface area contributed by atoms with Crippen molar-refractivity contribution < 1.29 is 9.63 Å². The molecule has 4 heteroatoms. The monoisotopic (exact) mass is 170 g/mol. The van der Waals surface area contributed by atoms with Crippen LogP contribution in [0.5, 0.6) is 0 Å². The Hall–Kier alpha value is -0.870. The minimum atomic E-state index is -0.527. The Morgan fingerprint density at radius 2 is 2.25 bits per heavy atom. The molecule has 0 fully saturated rings. The highest BCUT2D eigenvalue weighted by Gasteiger charge is 2.16. The molecule has 0 aliphatic carbocycles. The first-order chi connectivity index (χ1) is 5.66. The molecule has 1 unspecified atom stereocenters. The molecule has 0 bridgehead atoms. The third-order valence-corrected chi connectivity index (χ3v) is 1.82. The summed E-state index contributed by atoms with van der Waals surface area (Å²) >= 11 is 0. The highest BCUT2D eigenvalue weighted by Crippen LogP contribution is 2.20. The number of hydrogen-bond donors (Lipinski definition) is 2. The molecular weight excluding hydrogens is 156 g/mol. The smallest absolute Gasteiger partial charge is 0.139 e. The fourth-order valence-electron chi connectivity index (χ4n) is 1.26. The molecule has 0 saturated heterocycles. The van der Waals surface area contributed by atoms with Crippen molar-refractivity contribution in [2.45, 2.75) is 20.0 Å². The molecule has 0 saturated carbocycles. The molecule has 0 amide bonds. The van der Waals surface area contributed by atoms with Crippen LogP contribution in [0, 0.1) is 13.8 Å². The van der Waals surface area contributed by atoms with Crippen molar-refractivity contribution in [1.82, 2.24) is 10.5 Å². The lowest BCUT2D eigenvalue weighted by molar-refractivity contribution is 0.175. The van der Waals surface area contributed by atoms with Crippen LogP contribution in [0.15, 0.2) is 4.52 Å². The van der Waals surface area contributed by atoms with E-state index < -0.39 is 6.10 Å². The number of aryl methyl sites for hydroxylation is 2. The number of rotatable bonds is 3. The number of nitrogens with zero attached hydrogens (tertiary/aromatic N) is 1. The van der Waals surface area contributed by atoms with Crippen molar-refractivity contribution in [2.24, 2.45) is 0 Å². The third-order valence-electron chi connectivity index (χ3n) is 1.82. The molecular formula is C8H14N2O2. The van der Waals surface area contributed by atoms with Crippen LogP contribution < -0.4 is 5.32 Å². The molecule has 2 N–H and O–H groups in total. The van der Waals surface area contributed by atoms with Crippen molar-refractivity contribution in [3.05, 3.63) is 17.0 Å². The molecule has 0 aliphatic rings. The number of aromatic nitrogens is 1. The maximum Gasteiger partial charge on any atom is 0.139 e. The van der Waals surface area contributed by atoms with Gasteiger partial charge < -0.3 is 14.9 Å². The van der Waals surface area contributed by atoms with Crippen LogP contribution in [0.4, 0.5) is 0 Å². The highest BCUT2D eigenvalue weighted by molar-refractivity contribution is 5.23. The van der Waals surface area contributed by atoms with Crippen LogP contribution in [0.2, 0.25) is 0 Å². The van der Waals surface area contributed by atoms with Gasteiger partial charge in [-0.2, -0.15) is 0 Å². The molecule has 0 radical (unpaired) electrons. The van der Waals surface area contributed by atoms with E-state index in [1.165, 1.54) is 0 Å². The van der Waals surface area contributed by atoms with Crippen LogP contribution in [0.3, 0.4) is 0 Å². The topological polar surface area (TPSA) is 58.3 Å². The molecule has 1 aromatic heterocycles. The fourth-order valence-corrected chi connectivity index (χ4v) is 1.26. The van der Waals surface area contributed by atoms with E-state index in [1.807, 2.05) is 6.92 Å². The molecule has 68 valence electrons. The number of aliphatic hydroxyl groups excluding tert-OH is 1. The highest BCUT2D eigenvalue weighted by atomic mass is 16.5. The second-order valence-electron chi connectivity index (χ2n) is 2.81. The zero-order valence-electron chi connectivity index (χ0n) is 7.59. The molecule has 1 rings (SSSR count). The number of likely N-dealkylation sites (N-methyl/N-ethyl adjacent to an activating group) is 1. The lowest BCUT2D eigenvalue weighted by Gasteiger charge is -2.08. The van der Waals surface area contributed by atoms with Gasteiger partial charge >= 0.3 is 0 Å². The first-order valence-electron chi connectivity index (χ1n) is 3.92. The Morgan fingerprint density at radius 3 is 2.67 bits per heavy atom. The van der Waals surface area contributed by atoms with Gasteiger partial charge in [0.25, 0.3) is 0 Å². The van der Waals surface area contributed by atoms with E-state index in [-0.39, 0.29) is 0 Å². The summed E-state index contributed by atoms with van der Waals surface area (Å²) in [5.74, 6) is 0.690. The SMILES string of the molecule is CNCC(O)c1c(C)noc1C. The first kappa shape index (κ1) is 9.22. The summed E-state index contributed by atoms with van der Waals surface area (Å²) in [6, 6.07) is 0. The largest absolute Gasteiger partial charge is 0.387 e. The van der Waals surface area contributed by atoms with E-state index in [1.54, 1.807) is 14.0 Å². The summed E-state index contributed by atoms with van der Waals surface area (Å²) in [4.78, 5) is 0. The van der Waals surface area contributed by atoms with Gasteiger partial charge in [0.1, 0.15) is 5.76 Å². The van der Waals surface area contributed by atoms with E-state index in [9.17, 15) is 5.11 Å². The van der Waals surface area contributed by atoms with E-state index in [2.05, 4.69) is 10.5 Å². The molecule has 4 nitrogen and oxygen atoms in total. The third kappa shape index (κ3) is 1.65. The minimum Gasteiger partial charge on any atom is -0.387 e. The number of nitrogens with one attached hydrogen (secondary N) is 1. The summed E-state index contributed by atoms with van der Waals surface area (Å²) in [5, 5.41) is 16.3. The van der Waals surface area contributed by atoms with Gasteiger partial charge in [0.2, 0.25) is 0 Å². The molecule has 12 heavy (non-hydrogen) atoms. The molecule has 1 heterocycles. The summed E-state index contributed by atoms with van der Waals surface area (Å²) in [6.07, 6.45) is -0.527. The van der Waals surface area contributed by atoms with Gasteiger partial charge in [-0.05, 0) is 20.9 Å². The molecule has 1 atom stereocenters. The van der Waals surface area contributed by atoms with Crippen LogP contribution in [0.25, 0.3) is 0 Å². The fraction of sp³-hybridized carbons (Fsp3) is 0.625. The van der Waals surface area contributed by atoms with E-state index in [0.29, 0.717) is 12.3 Å². The standard InChI is InChI=1S/C8H14N2O2/c1-5-8(6(2)12-10-5)7(11)4-9-3/h7,9,11H,4H2,1-3H3. The van der Waals surface area contributed by atoms with Gasteiger partial charge in [-0.15, -0.1) is 0 Å². The summed E-state index contributed by atoms with van der Waals surface area (Å²) in [6.45, 7) is 4.14. The molecule has 0 aromatic carbocycles. The quantitative estimate of drug-likeness (QED) is 0.695. The predicted octanol–water partition coefficient (Wildman–Crippen LogP) is 0.544. The zero-order chi connectivity index (χ0) is 9.14. The summed E-state index contributed by atoms with van der Waals surface area (Å²) in [5.41, 5.74) is 1.56. The first-order valence-corrected chi connectivity index (χ1v) is 3.92. The van der Waals surface area contributed by atoms with Gasteiger partial charge in [-0.1, -0.05) is 5.16 Å². The summed E-state index contributed by atoms with van der Waals surface area (Å²) in [7, 11) is 1.79. The van der Waals surface area contributed by atoms with Crippen LogP contribution in [0.1, 0.15) is 23.1 Å². The van der Waals surface area contributed by atoms with Crippen LogP contribution in [-0.4, -0.2) is 23.9 Å². The number of aliphatic hydroxyl groups is 1. The Balaban J connectivity index is 2.85. The van der Waals surface area contributed by atoms with Crippen LogP contribution >= 0.6 is 0 Å². The number of hydrogen-bond acceptors (Lipinski definition) is 4. The van der Waals surface area contributed by atoms with Crippen molar-refractivity contribution in [3.63, 3.8) is 0 Å². The second kappa shape index (κ2) is 3.69. The zero-order valence-corrected chi connectivity index (χ0v) is 7.59. The van der Waals surface area contributed by atoms with Gasteiger partial charge in [0, 0.05) is 12.1 Å².